The molecule has 5 heteroatoms. The van der Waals surface area contributed by atoms with Crippen molar-refractivity contribution in [3.05, 3.63) is 29.3 Å². The summed E-state index contributed by atoms with van der Waals surface area (Å²) < 4.78 is 0. The largest absolute Gasteiger partial charge is 0.338 e. The first-order valence-electron chi connectivity index (χ1n) is 7.91. The first-order valence-corrected chi connectivity index (χ1v) is 7.91. The molecule has 1 unspecified atom stereocenters. The van der Waals surface area contributed by atoms with Crippen LogP contribution in [0.3, 0.4) is 0 Å². The van der Waals surface area contributed by atoms with Gasteiger partial charge in [0.2, 0.25) is 5.91 Å². The van der Waals surface area contributed by atoms with Gasteiger partial charge in [0.25, 0.3) is 5.91 Å². The topological polar surface area (TPSA) is 75.4 Å². The standard InChI is InChI=1S/C17H25N3O2/c1-12-4-3-9-20(11-12)17(22)14-5-6-15(13(2)10-14)19-16(21)7-8-18/h5-6,10,12H,3-4,7-9,11,18H2,1-2H3,(H,19,21). The number of aryl methyl sites for hydroxylation is 1. The third kappa shape index (κ3) is 4.07. The van der Waals surface area contributed by atoms with E-state index in [9.17, 15) is 9.59 Å². The zero-order valence-electron chi connectivity index (χ0n) is 13.4. The summed E-state index contributed by atoms with van der Waals surface area (Å²) in [6.07, 6.45) is 2.56. The van der Waals surface area contributed by atoms with Gasteiger partial charge in [-0.15, -0.1) is 0 Å². The monoisotopic (exact) mass is 303 g/mol. The van der Waals surface area contributed by atoms with Gasteiger partial charge in [0, 0.05) is 37.3 Å². The van der Waals surface area contributed by atoms with Crippen LogP contribution in [0.15, 0.2) is 18.2 Å². The predicted octanol–water partition coefficient (Wildman–Crippen LogP) is 2.15. The number of nitrogens with zero attached hydrogens (tertiary/aromatic N) is 1. The van der Waals surface area contributed by atoms with Crippen molar-refractivity contribution in [2.45, 2.75) is 33.1 Å². The molecule has 2 amide bonds. The van der Waals surface area contributed by atoms with Crippen LogP contribution < -0.4 is 11.1 Å². The molecule has 1 saturated heterocycles. The lowest BCUT2D eigenvalue weighted by Gasteiger charge is -2.31. The summed E-state index contributed by atoms with van der Waals surface area (Å²) in [4.78, 5) is 26.1. The van der Waals surface area contributed by atoms with Crippen LogP contribution in [0, 0.1) is 12.8 Å². The maximum absolute atomic E-state index is 12.6. The second kappa shape index (κ2) is 7.40. The van der Waals surface area contributed by atoms with E-state index in [1.54, 1.807) is 12.1 Å². The summed E-state index contributed by atoms with van der Waals surface area (Å²) in [6, 6.07) is 5.43. The highest BCUT2D eigenvalue weighted by Gasteiger charge is 2.22. The molecule has 1 aliphatic heterocycles. The van der Waals surface area contributed by atoms with Crippen molar-refractivity contribution in [1.82, 2.24) is 4.90 Å². The van der Waals surface area contributed by atoms with Crippen molar-refractivity contribution in [1.29, 1.82) is 0 Å². The molecule has 120 valence electrons. The maximum atomic E-state index is 12.6. The molecular weight excluding hydrogens is 278 g/mol. The van der Waals surface area contributed by atoms with Crippen LogP contribution >= 0.6 is 0 Å². The number of carbonyl (C=O) groups is 2. The third-order valence-corrected chi connectivity index (χ3v) is 4.06. The maximum Gasteiger partial charge on any atom is 0.253 e. The second-order valence-electron chi connectivity index (χ2n) is 6.12. The summed E-state index contributed by atoms with van der Waals surface area (Å²) in [5.41, 5.74) is 7.68. The molecule has 1 atom stereocenters. The van der Waals surface area contributed by atoms with E-state index in [4.69, 9.17) is 5.73 Å². The lowest BCUT2D eigenvalue weighted by molar-refractivity contribution is -0.116. The van der Waals surface area contributed by atoms with Gasteiger partial charge in [0.05, 0.1) is 0 Å². The highest BCUT2D eigenvalue weighted by atomic mass is 16.2. The Bertz CT molecular complexity index is 557. The minimum absolute atomic E-state index is 0.0782. The van der Waals surface area contributed by atoms with Crippen LogP contribution in [0.5, 0.6) is 0 Å². The number of hydrogen-bond donors (Lipinski definition) is 2. The SMILES string of the molecule is Cc1cc(C(=O)N2CCCC(C)C2)ccc1NC(=O)CCN. The fraction of sp³-hybridized carbons (Fsp3) is 0.529. The summed E-state index contributed by atoms with van der Waals surface area (Å²) in [7, 11) is 0. The Morgan fingerprint density at radius 3 is 2.82 bits per heavy atom. The summed E-state index contributed by atoms with van der Waals surface area (Å²) >= 11 is 0. The van der Waals surface area contributed by atoms with Gasteiger partial charge >= 0.3 is 0 Å². The van der Waals surface area contributed by atoms with Crippen molar-refractivity contribution >= 4 is 17.5 Å². The van der Waals surface area contributed by atoms with Crippen molar-refractivity contribution in [3.8, 4) is 0 Å². The molecule has 0 aromatic heterocycles. The minimum Gasteiger partial charge on any atom is -0.338 e. The highest BCUT2D eigenvalue weighted by Crippen LogP contribution is 2.21. The van der Waals surface area contributed by atoms with Gasteiger partial charge in [0.15, 0.2) is 0 Å². The molecule has 0 aliphatic carbocycles. The van der Waals surface area contributed by atoms with E-state index in [2.05, 4.69) is 12.2 Å². The molecule has 0 spiro atoms. The summed E-state index contributed by atoms with van der Waals surface area (Å²) in [6.45, 7) is 6.06. The van der Waals surface area contributed by atoms with Gasteiger partial charge < -0.3 is 16.0 Å². The number of anilines is 1. The van der Waals surface area contributed by atoms with E-state index in [0.717, 1.165) is 30.8 Å². The van der Waals surface area contributed by atoms with E-state index in [-0.39, 0.29) is 11.8 Å². The number of carbonyl (C=O) groups excluding carboxylic acids is 2. The van der Waals surface area contributed by atoms with Crippen molar-refractivity contribution < 1.29 is 9.59 Å². The van der Waals surface area contributed by atoms with Gasteiger partial charge in [0.1, 0.15) is 0 Å². The lowest BCUT2D eigenvalue weighted by atomic mass is 9.99. The Morgan fingerprint density at radius 2 is 2.18 bits per heavy atom. The van der Waals surface area contributed by atoms with Gasteiger partial charge in [-0.3, -0.25) is 9.59 Å². The number of amides is 2. The third-order valence-electron chi connectivity index (χ3n) is 4.06. The Hall–Kier alpha value is -1.88. The molecule has 1 aliphatic rings. The molecule has 0 saturated carbocycles. The summed E-state index contributed by atoms with van der Waals surface area (Å²) in [5.74, 6) is 0.539. The molecule has 1 heterocycles. The Kier molecular flexibility index (Phi) is 5.55. The van der Waals surface area contributed by atoms with E-state index in [1.165, 1.54) is 6.42 Å². The number of piperidine rings is 1. The fourth-order valence-electron chi connectivity index (χ4n) is 2.84. The van der Waals surface area contributed by atoms with Crippen LogP contribution in [0.1, 0.15) is 42.1 Å². The zero-order valence-corrected chi connectivity index (χ0v) is 13.4. The average molecular weight is 303 g/mol. The van der Waals surface area contributed by atoms with E-state index < -0.39 is 0 Å². The number of likely N-dealkylation sites (tertiary alicyclic amines) is 1. The van der Waals surface area contributed by atoms with Crippen LogP contribution in [0.2, 0.25) is 0 Å². The number of hydrogen-bond acceptors (Lipinski definition) is 3. The van der Waals surface area contributed by atoms with Crippen molar-refractivity contribution in [3.63, 3.8) is 0 Å². The molecule has 5 nitrogen and oxygen atoms in total. The van der Waals surface area contributed by atoms with Gasteiger partial charge in [-0.25, -0.2) is 0 Å². The average Bonchev–Trinajstić information content (AvgIpc) is 2.49. The lowest BCUT2D eigenvalue weighted by Crippen LogP contribution is -2.39. The smallest absolute Gasteiger partial charge is 0.253 e. The van der Waals surface area contributed by atoms with Gasteiger partial charge in [-0.1, -0.05) is 6.92 Å². The number of benzene rings is 1. The fourth-order valence-corrected chi connectivity index (χ4v) is 2.84. The number of nitrogens with one attached hydrogen (secondary N) is 1. The zero-order chi connectivity index (χ0) is 16.1. The molecule has 2 rings (SSSR count). The number of nitrogens with two attached hydrogens (primary N) is 1. The van der Waals surface area contributed by atoms with E-state index in [0.29, 0.717) is 24.4 Å². The Morgan fingerprint density at radius 1 is 1.41 bits per heavy atom. The van der Waals surface area contributed by atoms with E-state index in [1.807, 2.05) is 17.9 Å². The Balaban J connectivity index is 2.08. The van der Waals surface area contributed by atoms with Crippen molar-refractivity contribution in [2.75, 3.05) is 25.0 Å². The van der Waals surface area contributed by atoms with Crippen LogP contribution in [-0.4, -0.2) is 36.3 Å². The normalized spacial score (nSPS) is 18.1. The van der Waals surface area contributed by atoms with Crippen LogP contribution in [0.25, 0.3) is 0 Å². The van der Waals surface area contributed by atoms with Gasteiger partial charge in [-0.2, -0.15) is 0 Å². The highest BCUT2D eigenvalue weighted by molar-refractivity contribution is 5.96. The molecule has 1 fully saturated rings. The second-order valence-corrected chi connectivity index (χ2v) is 6.12. The minimum atomic E-state index is -0.102. The first kappa shape index (κ1) is 16.5. The predicted molar refractivity (Wildman–Crippen MR) is 87.8 cm³/mol. The van der Waals surface area contributed by atoms with Gasteiger partial charge in [-0.05, 0) is 49.4 Å². The molecule has 1 aromatic carbocycles. The number of rotatable bonds is 4. The molecule has 3 N–H and O–H groups in total. The molecule has 0 bridgehead atoms. The van der Waals surface area contributed by atoms with E-state index >= 15 is 0 Å². The Labute approximate surface area is 131 Å². The first-order chi connectivity index (χ1) is 10.5. The quantitative estimate of drug-likeness (QED) is 0.895. The molecule has 0 radical (unpaired) electrons. The molecular formula is C17H25N3O2. The summed E-state index contributed by atoms with van der Waals surface area (Å²) in [5, 5.41) is 2.82. The molecule has 1 aromatic rings. The van der Waals surface area contributed by atoms with Crippen molar-refractivity contribution in [2.24, 2.45) is 11.7 Å². The van der Waals surface area contributed by atoms with Crippen LogP contribution in [0.4, 0.5) is 5.69 Å². The molecule has 22 heavy (non-hydrogen) atoms. The van der Waals surface area contributed by atoms with Crippen LogP contribution in [-0.2, 0) is 4.79 Å².